The van der Waals surface area contributed by atoms with Crippen LogP contribution in [0.15, 0.2) is 42.5 Å². The third-order valence-electron chi connectivity index (χ3n) is 6.03. The molecule has 0 aliphatic rings. The largest absolute Gasteiger partial charge is 0.488 e. The van der Waals surface area contributed by atoms with Gasteiger partial charge in [-0.3, -0.25) is 0 Å². The zero-order valence-electron chi connectivity index (χ0n) is 19.7. The molecule has 2 rings (SSSR count). The highest BCUT2D eigenvalue weighted by Gasteiger charge is 2.21. The van der Waals surface area contributed by atoms with Gasteiger partial charge in [0.1, 0.15) is 11.4 Å². The van der Waals surface area contributed by atoms with Crippen molar-refractivity contribution in [2.75, 3.05) is 20.1 Å². The standard InChI is InChI=1S/C27H41NO/c1-8-22(4)26-20-25(15-14-24(26)9-2)29-27(5,6)17-19-28(7)18-16-23-12-10-21(3)11-13-23/h10-15,20,22H,8-9,16-19H2,1-7H3. The van der Waals surface area contributed by atoms with E-state index in [4.69, 9.17) is 4.74 Å². The quantitative estimate of drug-likeness (QED) is 0.415. The Morgan fingerprint density at radius 2 is 1.69 bits per heavy atom. The molecule has 0 N–H and O–H groups in total. The molecule has 0 saturated carbocycles. The van der Waals surface area contributed by atoms with E-state index in [1.54, 1.807) is 0 Å². The Kier molecular flexibility index (Phi) is 8.77. The van der Waals surface area contributed by atoms with Crippen molar-refractivity contribution in [3.05, 3.63) is 64.7 Å². The summed E-state index contributed by atoms with van der Waals surface area (Å²) in [4.78, 5) is 2.41. The maximum Gasteiger partial charge on any atom is 0.120 e. The topological polar surface area (TPSA) is 12.5 Å². The molecule has 2 aromatic rings. The molecule has 0 aromatic heterocycles. The molecule has 2 heteroatoms. The summed E-state index contributed by atoms with van der Waals surface area (Å²) < 4.78 is 6.44. The Bertz CT molecular complexity index is 748. The number of rotatable bonds is 11. The van der Waals surface area contributed by atoms with E-state index in [9.17, 15) is 0 Å². The SMILES string of the molecule is CCc1ccc(OC(C)(C)CCN(C)CCc2ccc(C)cc2)cc1C(C)CC. The smallest absolute Gasteiger partial charge is 0.120 e. The summed E-state index contributed by atoms with van der Waals surface area (Å²) in [5.74, 6) is 1.58. The first-order valence-electron chi connectivity index (χ1n) is 11.3. The van der Waals surface area contributed by atoms with Crippen LogP contribution in [0, 0.1) is 6.92 Å². The van der Waals surface area contributed by atoms with Crippen LogP contribution in [0.3, 0.4) is 0 Å². The summed E-state index contributed by atoms with van der Waals surface area (Å²) in [5, 5.41) is 0. The second-order valence-electron chi connectivity index (χ2n) is 9.17. The molecular weight excluding hydrogens is 354 g/mol. The summed E-state index contributed by atoms with van der Waals surface area (Å²) in [5.41, 5.74) is 5.44. The van der Waals surface area contributed by atoms with Crippen LogP contribution in [0.5, 0.6) is 5.75 Å². The number of hydrogen-bond donors (Lipinski definition) is 0. The molecular formula is C27H41NO. The van der Waals surface area contributed by atoms with Gasteiger partial charge in [-0.15, -0.1) is 0 Å². The van der Waals surface area contributed by atoms with Crippen molar-refractivity contribution in [3.8, 4) is 5.75 Å². The summed E-state index contributed by atoms with van der Waals surface area (Å²) in [6.07, 6.45) is 4.33. The third kappa shape index (κ3) is 7.51. The molecule has 29 heavy (non-hydrogen) atoms. The van der Waals surface area contributed by atoms with Crippen molar-refractivity contribution in [1.82, 2.24) is 4.90 Å². The minimum Gasteiger partial charge on any atom is -0.488 e. The number of nitrogens with zero attached hydrogens (tertiary/aromatic N) is 1. The number of aryl methyl sites for hydroxylation is 2. The molecule has 0 fully saturated rings. The first-order chi connectivity index (χ1) is 13.7. The first kappa shape index (κ1) is 23.5. The molecule has 0 radical (unpaired) electrons. The fourth-order valence-corrected chi connectivity index (χ4v) is 3.65. The fraction of sp³-hybridized carbons (Fsp3) is 0.556. The highest BCUT2D eigenvalue weighted by molar-refractivity contribution is 5.38. The van der Waals surface area contributed by atoms with E-state index in [0.717, 1.165) is 44.5 Å². The molecule has 2 nitrogen and oxygen atoms in total. The van der Waals surface area contributed by atoms with Gasteiger partial charge in [-0.1, -0.05) is 56.7 Å². The van der Waals surface area contributed by atoms with Crippen LogP contribution in [0.1, 0.15) is 75.6 Å². The van der Waals surface area contributed by atoms with Crippen molar-refractivity contribution in [1.29, 1.82) is 0 Å². The van der Waals surface area contributed by atoms with Gasteiger partial charge in [0.2, 0.25) is 0 Å². The van der Waals surface area contributed by atoms with Crippen LogP contribution in [-0.4, -0.2) is 30.6 Å². The van der Waals surface area contributed by atoms with E-state index in [0.29, 0.717) is 5.92 Å². The Hall–Kier alpha value is -1.80. The van der Waals surface area contributed by atoms with Gasteiger partial charge in [0, 0.05) is 13.1 Å². The van der Waals surface area contributed by atoms with Gasteiger partial charge >= 0.3 is 0 Å². The predicted molar refractivity (Wildman–Crippen MR) is 126 cm³/mol. The summed E-state index contributed by atoms with van der Waals surface area (Å²) in [7, 11) is 2.21. The lowest BCUT2D eigenvalue weighted by Crippen LogP contribution is -2.34. The van der Waals surface area contributed by atoms with E-state index < -0.39 is 0 Å². The maximum atomic E-state index is 6.44. The second kappa shape index (κ2) is 10.8. The van der Waals surface area contributed by atoms with E-state index in [1.165, 1.54) is 22.3 Å². The molecule has 0 bridgehead atoms. The number of ether oxygens (including phenoxy) is 1. The molecule has 0 spiro atoms. The summed E-state index contributed by atoms with van der Waals surface area (Å²) in [6.45, 7) is 15.5. The molecule has 160 valence electrons. The van der Waals surface area contributed by atoms with Crippen LogP contribution in [0.2, 0.25) is 0 Å². The Labute approximate surface area is 179 Å². The van der Waals surface area contributed by atoms with Crippen LogP contribution in [-0.2, 0) is 12.8 Å². The van der Waals surface area contributed by atoms with Crippen molar-refractivity contribution in [3.63, 3.8) is 0 Å². The number of likely N-dealkylation sites (N-methyl/N-ethyl adjacent to an activating group) is 1. The summed E-state index contributed by atoms with van der Waals surface area (Å²) in [6, 6.07) is 15.5. The van der Waals surface area contributed by atoms with Crippen LogP contribution in [0.4, 0.5) is 0 Å². The zero-order valence-corrected chi connectivity index (χ0v) is 19.7. The lowest BCUT2D eigenvalue weighted by molar-refractivity contribution is 0.0872. The summed E-state index contributed by atoms with van der Waals surface area (Å²) >= 11 is 0. The number of benzene rings is 2. The van der Waals surface area contributed by atoms with E-state index in [1.807, 2.05) is 0 Å². The van der Waals surface area contributed by atoms with Crippen molar-refractivity contribution in [2.24, 2.45) is 0 Å². The predicted octanol–water partition coefficient (Wildman–Crippen LogP) is 6.79. The Morgan fingerprint density at radius 3 is 2.31 bits per heavy atom. The molecule has 0 amide bonds. The van der Waals surface area contributed by atoms with Gasteiger partial charge in [-0.25, -0.2) is 0 Å². The van der Waals surface area contributed by atoms with E-state index >= 15 is 0 Å². The minimum absolute atomic E-state index is 0.182. The van der Waals surface area contributed by atoms with Gasteiger partial charge in [0.25, 0.3) is 0 Å². The number of hydrogen-bond acceptors (Lipinski definition) is 2. The highest BCUT2D eigenvalue weighted by atomic mass is 16.5. The van der Waals surface area contributed by atoms with Gasteiger partial charge in [-0.2, -0.15) is 0 Å². The van der Waals surface area contributed by atoms with Crippen LogP contribution < -0.4 is 4.74 Å². The molecule has 0 saturated heterocycles. The average Bonchev–Trinajstić information content (AvgIpc) is 2.71. The molecule has 1 unspecified atom stereocenters. The van der Waals surface area contributed by atoms with Gasteiger partial charge in [-0.05, 0) is 88.2 Å². The fourth-order valence-electron chi connectivity index (χ4n) is 3.65. The highest BCUT2D eigenvalue weighted by Crippen LogP contribution is 2.30. The molecule has 0 heterocycles. The molecule has 0 aliphatic heterocycles. The lowest BCUT2D eigenvalue weighted by atomic mass is 9.92. The minimum atomic E-state index is -0.182. The third-order valence-corrected chi connectivity index (χ3v) is 6.03. The monoisotopic (exact) mass is 395 g/mol. The molecule has 2 aromatic carbocycles. The average molecular weight is 396 g/mol. The Morgan fingerprint density at radius 1 is 1.00 bits per heavy atom. The molecule has 0 aliphatic carbocycles. The van der Waals surface area contributed by atoms with Crippen LogP contribution in [0.25, 0.3) is 0 Å². The van der Waals surface area contributed by atoms with E-state index in [2.05, 4.69) is 96.0 Å². The lowest BCUT2D eigenvalue weighted by Gasteiger charge is -2.29. The van der Waals surface area contributed by atoms with Gasteiger partial charge < -0.3 is 9.64 Å². The van der Waals surface area contributed by atoms with Crippen molar-refractivity contribution < 1.29 is 4.74 Å². The Balaban J connectivity index is 1.89. The maximum absolute atomic E-state index is 6.44. The van der Waals surface area contributed by atoms with Crippen molar-refractivity contribution >= 4 is 0 Å². The van der Waals surface area contributed by atoms with Crippen molar-refractivity contribution in [2.45, 2.75) is 78.7 Å². The van der Waals surface area contributed by atoms with Gasteiger partial charge in [0.05, 0.1) is 0 Å². The molecule has 1 atom stereocenters. The van der Waals surface area contributed by atoms with Crippen LogP contribution >= 0.6 is 0 Å². The first-order valence-corrected chi connectivity index (χ1v) is 11.3. The second-order valence-corrected chi connectivity index (χ2v) is 9.17. The zero-order chi connectivity index (χ0) is 21.4. The normalized spacial score (nSPS) is 13.0. The van der Waals surface area contributed by atoms with Gasteiger partial charge in [0.15, 0.2) is 0 Å². The van der Waals surface area contributed by atoms with E-state index in [-0.39, 0.29) is 5.60 Å².